The van der Waals surface area contributed by atoms with Crippen LogP contribution < -0.4 is 10.5 Å². The van der Waals surface area contributed by atoms with Gasteiger partial charge in [0.25, 0.3) is 0 Å². The number of ketones is 1. The Kier molecular flexibility index (Phi) is 3.85. The third-order valence-corrected chi connectivity index (χ3v) is 3.75. The largest absolute Gasteiger partial charge is 0.494 e. The minimum atomic E-state index is -0.137. The predicted molar refractivity (Wildman–Crippen MR) is 89.1 cm³/mol. The van der Waals surface area contributed by atoms with Crippen LogP contribution in [0.15, 0.2) is 54.7 Å². The highest BCUT2D eigenvalue weighted by Gasteiger charge is 2.20. The molecule has 5 nitrogen and oxygen atoms in total. The van der Waals surface area contributed by atoms with Gasteiger partial charge >= 0.3 is 0 Å². The van der Waals surface area contributed by atoms with Crippen LogP contribution in [0, 0.1) is 6.92 Å². The normalized spacial score (nSPS) is 10.5. The molecule has 3 rings (SSSR count). The molecule has 0 saturated carbocycles. The van der Waals surface area contributed by atoms with Crippen LogP contribution in [0.5, 0.6) is 5.75 Å². The van der Waals surface area contributed by atoms with Gasteiger partial charge in [-0.25, -0.2) is 4.68 Å². The summed E-state index contributed by atoms with van der Waals surface area (Å²) < 4.78 is 6.85. The van der Waals surface area contributed by atoms with Gasteiger partial charge in [0.05, 0.1) is 18.9 Å². The maximum absolute atomic E-state index is 12.7. The Morgan fingerprint density at radius 3 is 2.52 bits per heavy atom. The van der Waals surface area contributed by atoms with Crippen LogP contribution in [0.1, 0.15) is 21.5 Å². The molecule has 2 aromatic carbocycles. The Morgan fingerprint density at radius 2 is 1.78 bits per heavy atom. The number of benzene rings is 2. The number of ether oxygens (including phenoxy) is 1. The zero-order valence-electron chi connectivity index (χ0n) is 13.0. The maximum Gasteiger partial charge on any atom is 0.198 e. The van der Waals surface area contributed by atoms with Crippen LogP contribution in [0.3, 0.4) is 0 Å². The highest BCUT2D eigenvalue weighted by Crippen LogP contribution is 2.27. The Bertz CT molecular complexity index is 868. The quantitative estimate of drug-likeness (QED) is 0.752. The molecule has 0 aliphatic carbocycles. The van der Waals surface area contributed by atoms with E-state index in [1.807, 2.05) is 49.4 Å². The fourth-order valence-electron chi connectivity index (χ4n) is 2.50. The fraction of sp³-hybridized carbons (Fsp3) is 0.111. The molecule has 2 N–H and O–H groups in total. The van der Waals surface area contributed by atoms with Gasteiger partial charge in [-0.15, -0.1) is 0 Å². The molecule has 23 heavy (non-hydrogen) atoms. The number of carbonyl (C=O) groups excluding carboxylic acids is 1. The van der Waals surface area contributed by atoms with E-state index < -0.39 is 0 Å². The number of nitrogen functional groups attached to an aromatic ring is 1. The third kappa shape index (κ3) is 2.57. The van der Waals surface area contributed by atoms with Gasteiger partial charge in [-0.2, -0.15) is 5.10 Å². The van der Waals surface area contributed by atoms with Crippen molar-refractivity contribution in [3.8, 4) is 11.4 Å². The molecule has 0 fully saturated rings. The summed E-state index contributed by atoms with van der Waals surface area (Å²) in [6.07, 6.45) is 1.50. The van der Waals surface area contributed by atoms with Crippen LogP contribution in [0.25, 0.3) is 5.69 Å². The van der Waals surface area contributed by atoms with Crippen LogP contribution in [-0.4, -0.2) is 22.7 Å². The third-order valence-electron chi connectivity index (χ3n) is 3.75. The number of hydrogen-bond donors (Lipinski definition) is 1. The molecule has 0 radical (unpaired) electrons. The molecule has 0 unspecified atom stereocenters. The Morgan fingerprint density at radius 1 is 1.09 bits per heavy atom. The number of para-hydroxylation sites is 2. The first-order valence-corrected chi connectivity index (χ1v) is 7.20. The summed E-state index contributed by atoms with van der Waals surface area (Å²) in [4.78, 5) is 12.7. The second-order valence-electron chi connectivity index (χ2n) is 5.17. The Labute approximate surface area is 134 Å². The molecular weight excluding hydrogens is 290 g/mol. The van der Waals surface area contributed by atoms with E-state index in [2.05, 4.69) is 5.10 Å². The monoisotopic (exact) mass is 307 g/mol. The SMILES string of the molecule is COc1ccccc1-n1ncc(C(=O)c2ccccc2C)c1N. The number of methoxy groups -OCH3 is 1. The van der Waals surface area contributed by atoms with E-state index in [-0.39, 0.29) is 5.78 Å². The molecule has 116 valence electrons. The lowest BCUT2D eigenvalue weighted by Crippen LogP contribution is -2.09. The molecule has 1 aromatic heterocycles. The molecule has 0 bridgehead atoms. The standard InChI is InChI=1S/C18H17N3O2/c1-12-7-3-4-8-13(12)17(22)14-11-20-21(18(14)19)15-9-5-6-10-16(15)23-2/h3-11H,19H2,1-2H3. The van der Waals surface area contributed by atoms with E-state index in [1.54, 1.807) is 13.2 Å². The molecule has 0 amide bonds. The second-order valence-corrected chi connectivity index (χ2v) is 5.17. The van der Waals surface area contributed by atoms with Crippen molar-refractivity contribution in [2.24, 2.45) is 0 Å². The molecule has 0 spiro atoms. The average molecular weight is 307 g/mol. The van der Waals surface area contributed by atoms with E-state index in [1.165, 1.54) is 10.9 Å². The first-order valence-electron chi connectivity index (χ1n) is 7.20. The van der Waals surface area contributed by atoms with Crippen molar-refractivity contribution >= 4 is 11.6 Å². The molecule has 3 aromatic rings. The van der Waals surface area contributed by atoms with Gasteiger partial charge in [-0.3, -0.25) is 4.79 Å². The first kappa shape index (κ1) is 14.8. The lowest BCUT2D eigenvalue weighted by atomic mass is 10.0. The van der Waals surface area contributed by atoms with E-state index in [0.29, 0.717) is 28.4 Å². The molecular formula is C18H17N3O2. The maximum atomic E-state index is 12.7. The van der Waals surface area contributed by atoms with Gasteiger partial charge in [-0.05, 0) is 24.6 Å². The summed E-state index contributed by atoms with van der Waals surface area (Å²) >= 11 is 0. The van der Waals surface area contributed by atoms with Crippen molar-refractivity contribution in [2.75, 3.05) is 12.8 Å². The number of hydrogen-bond acceptors (Lipinski definition) is 4. The molecule has 0 saturated heterocycles. The number of aryl methyl sites for hydroxylation is 1. The summed E-state index contributed by atoms with van der Waals surface area (Å²) in [5.41, 5.74) is 8.77. The molecule has 5 heteroatoms. The number of nitrogens with zero attached hydrogens (tertiary/aromatic N) is 2. The molecule has 0 atom stereocenters. The summed E-state index contributed by atoms with van der Waals surface area (Å²) in [5, 5.41) is 4.26. The Hall–Kier alpha value is -3.08. The summed E-state index contributed by atoms with van der Waals surface area (Å²) in [6.45, 7) is 1.90. The van der Waals surface area contributed by atoms with Crippen LogP contribution >= 0.6 is 0 Å². The molecule has 1 heterocycles. The second kappa shape index (κ2) is 5.96. The van der Waals surface area contributed by atoms with E-state index >= 15 is 0 Å². The minimum Gasteiger partial charge on any atom is -0.494 e. The minimum absolute atomic E-state index is 0.137. The predicted octanol–water partition coefficient (Wildman–Crippen LogP) is 3.00. The van der Waals surface area contributed by atoms with E-state index in [0.717, 1.165) is 5.56 Å². The van der Waals surface area contributed by atoms with Crippen molar-refractivity contribution in [3.05, 3.63) is 71.4 Å². The highest BCUT2D eigenvalue weighted by molar-refractivity contribution is 6.12. The summed E-state index contributed by atoms with van der Waals surface area (Å²) in [7, 11) is 1.58. The zero-order valence-corrected chi connectivity index (χ0v) is 13.0. The van der Waals surface area contributed by atoms with Crippen molar-refractivity contribution in [1.29, 1.82) is 0 Å². The van der Waals surface area contributed by atoms with Gasteiger partial charge in [-0.1, -0.05) is 36.4 Å². The molecule has 0 aliphatic heterocycles. The van der Waals surface area contributed by atoms with E-state index in [9.17, 15) is 4.79 Å². The van der Waals surface area contributed by atoms with Crippen molar-refractivity contribution in [2.45, 2.75) is 6.92 Å². The average Bonchev–Trinajstić information content (AvgIpc) is 2.96. The number of nitrogens with two attached hydrogens (primary N) is 1. The highest BCUT2D eigenvalue weighted by atomic mass is 16.5. The number of carbonyl (C=O) groups is 1. The van der Waals surface area contributed by atoms with Gasteiger partial charge in [0.15, 0.2) is 5.78 Å². The number of anilines is 1. The lowest BCUT2D eigenvalue weighted by Gasteiger charge is -2.10. The van der Waals surface area contributed by atoms with Gasteiger partial charge < -0.3 is 10.5 Å². The van der Waals surface area contributed by atoms with Gasteiger partial charge in [0.1, 0.15) is 17.3 Å². The lowest BCUT2D eigenvalue weighted by molar-refractivity contribution is 0.103. The van der Waals surface area contributed by atoms with Crippen LogP contribution in [-0.2, 0) is 0 Å². The van der Waals surface area contributed by atoms with Gasteiger partial charge in [0, 0.05) is 5.56 Å². The first-order chi connectivity index (χ1) is 11.1. The summed E-state index contributed by atoms with van der Waals surface area (Å²) in [5.74, 6) is 0.793. The van der Waals surface area contributed by atoms with Gasteiger partial charge in [0.2, 0.25) is 0 Å². The topological polar surface area (TPSA) is 70.1 Å². The fourth-order valence-corrected chi connectivity index (χ4v) is 2.50. The van der Waals surface area contributed by atoms with Crippen molar-refractivity contribution in [3.63, 3.8) is 0 Å². The number of aromatic nitrogens is 2. The Balaban J connectivity index is 2.07. The zero-order chi connectivity index (χ0) is 16.4. The number of rotatable bonds is 4. The van der Waals surface area contributed by atoms with E-state index in [4.69, 9.17) is 10.5 Å². The van der Waals surface area contributed by atoms with Crippen LogP contribution in [0.4, 0.5) is 5.82 Å². The van der Waals surface area contributed by atoms with Crippen molar-refractivity contribution < 1.29 is 9.53 Å². The smallest absolute Gasteiger partial charge is 0.198 e. The molecule has 0 aliphatic rings. The van der Waals surface area contributed by atoms with Crippen molar-refractivity contribution in [1.82, 2.24) is 9.78 Å². The van der Waals surface area contributed by atoms with Crippen LogP contribution in [0.2, 0.25) is 0 Å². The summed E-state index contributed by atoms with van der Waals surface area (Å²) in [6, 6.07) is 14.8.